The Labute approximate surface area is 74.7 Å². The van der Waals surface area contributed by atoms with Crippen LogP contribution in [0.25, 0.3) is 0 Å². The second-order valence-corrected chi connectivity index (χ2v) is 3.58. The molecular weight excluding hydrogens is 189 g/mol. The van der Waals surface area contributed by atoms with Gasteiger partial charge in [-0.2, -0.15) is 25.8 Å². The van der Waals surface area contributed by atoms with E-state index in [-0.39, 0.29) is 12.0 Å². The average Bonchev–Trinajstić information content (AvgIpc) is 2.67. The number of halogens is 3. The minimum absolute atomic E-state index is 0.0473. The van der Waals surface area contributed by atoms with Gasteiger partial charge in [0.2, 0.25) is 0 Å². The van der Waals surface area contributed by atoms with E-state index in [2.05, 4.69) is 17.4 Å². The van der Waals surface area contributed by atoms with Gasteiger partial charge in [0.15, 0.2) is 0 Å². The van der Waals surface area contributed by atoms with Crippen LogP contribution in [0.1, 0.15) is 12.8 Å². The first kappa shape index (κ1) is 10.2. The predicted octanol–water partition coefficient (Wildman–Crippen LogP) is 2.28. The summed E-state index contributed by atoms with van der Waals surface area (Å²) in [4.78, 5) is 0. The standard InChI is InChI=1S/C7H11F3OS/c8-7(9,10)4-11-3-6(5-12)1-2-6/h12H,1-5H2. The van der Waals surface area contributed by atoms with E-state index in [9.17, 15) is 13.2 Å². The van der Waals surface area contributed by atoms with E-state index in [4.69, 9.17) is 0 Å². The Hall–Kier alpha value is 0.100. The second kappa shape index (κ2) is 3.46. The molecule has 0 N–H and O–H groups in total. The molecule has 1 saturated carbocycles. The molecule has 0 atom stereocenters. The van der Waals surface area contributed by atoms with Crippen molar-refractivity contribution in [2.75, 3.05) is 19.0 Å². The smallest absolute Gasteiger partial charge is 0.371 e. The summed E-state index contributed by atoms with van der Waals surface area (Å²) >= 11 is 4.05. The van der Waals surface area contributed by atoms with Gasteiger partial charge in [0, 0.05) is 5.41 Å². The minimum Gasteiger partial charge on any atom is -0.371 e. The van der Waals surface area contributed by atoms with Crippen molar-refractivity contribution >= 4 is 12.6 Å². The highest BCUT2D eigenvalue weighted by atomic mass is 32.1. The number of ether oxygens (including phenoxy) is 1. The molecule has 0 radical (unpaired) electrons. The van der Waals surface area contributed by atoms with Crippen molar-refractivity contribution in [2.45, 2.75) is 19.0 Å². The highest BCUT2D eigenvalue weighted by Crippen LogP contribution is 2.46. The van der Waals surface area contributed by atoms with Gasteiger partial charge in [-0.1, -0.05) is 0 Å². The third-order valence-electron chi connectivity index (χ3n) is 1.97. The van der Waals surface area contributed by atoms with Crippen LogP contribution >= 0.6 is 12.6 Å². The van der Waals surface area contributed by atoms with Crippen LogP contribution in [0, 0.1) is 5.41 Å². The lowest BCUT2D eigenvalue weighted by Crippen LogP contribution is -2.21. The van der Waals surface area contributed by atoms with Crippen molar-refractivity contribution in [1.29, 1.82) is 0 Å². The lowest BCUT2D eigenvalue weighted by atomic mass is 10.2. The molecule has 12 heavy (non-hydrogen) atoms. The Balaban J connectivity index is 2.10. The first-order valence-electron chi connectivity index (χ1n) is 3.73. The summed E-state index contributed by atoms with van der Waals surface area (Å²) in [5.74, 6) is 0.616. The van der Waals surface area contributed by atoms with Crippen molar-refractivity contribution in [1.82, 2.24) is 0 Å². The summed E-state index contributed by atoms with van der Waals surface area (Å²) in [7, 11) is 0. The summed E-state index contributed by atoms with van der Waals surface area (Å²) in [5.41, 5.74) is -0.0473. The number of hydrogen-bond acceptors (Lipinski definition) is 2. The second-order valence-electron chi connectivity index (χ2n) is 3.27. The molecule has 1 fully saturated rings. The third kappa shape index (κ3) is 3.23. The number of alkyl halides is 3. The van der Waals surface area contributed by atoms with Crippen LogP contribution < -0.4 is 0 Å². The molecule has 0 heterocycles. The van der Waals surface area contributed by atoms with Crippen molar-refractivity contribution in [3.8, 4) is 0 Å². The molecule has 72 valence electrons. The fraction of sp³-hybridized carbons (Fsp3) is 1.00. The monoisotopic (exact) mass is 200 g/mol. The van der Waals surface area contributed by atoms with Crippen molar-refractivity contribution in [2.24, 2.45) is 5.41 Å². The zero-order valence-electron chi connectivity index (χ0n) is 6.52. The molecule has 0 aliphatic heterocycles. The van der Waals surface area contributed by atoms with Crippen LogP contribution in [0.5, 0.6) is 0 Å². The fourth-order valence-electron chi connectivity index (χ4n) is 0.908. The number of rotatable bonds is 4. The molecule has 0 aromatic heterocycles. The maximum atomic E-state index is 11.6. The van der Waals surface area contributed by atoms with Gasteiger partial charge in [-0.25, -0.2) is 0 Å². The van der Waals surface area contributed by atoms with Crippen molar-refractivity contribution in [3.63, 3.8) is 0 Å². The largest absolute Gasteiger partial charge is 0.411 e. The molecule has 0 spiro atoms. The molecule has 5 heteroatoms. The Morgan fingerprint density at radius 3 is 2.25 bits per heavy atom. The minimum atomic E-state index is -4.20. The quantitative estimate of drug-likeness (QED) is 0.685. The third-order valence-corrected chi connectivity index (χ3v) is 2.64. The normalized spacial score (nSPS) is 21.0. The molecule has 1 aliphatic rings. The topological polar surface area (TPSA) is 9.23 Å². The van der Waals surface area contributed by atoms with E-state index >= 15 is 0 Å². The molecule has 0 saturated heterocycles. The molecule has 0 aromatic carbocycles. The number of hydrogen-bond donors (Lipinski definition) is 1. The van der Waals surface area contributed by atoms with Gasteiger partial charge in [0.1, 0.15) is 6.61 Å². The Morgan fingerprint density at radius 2 is 1.92 bits per heavy atom. The van der Waals surface area contributed by atoms with Crippen LogP contribution in [0.4, 0.5) is 13.2 Å². The van der Waals surface area contributed by atoms with E-state index in [1.54, 1.807) is 0 Å². The maximum Gasteiger partial charge on any atom is 0.411 e. The van der Waals surface area contributed by atoms with Crippen molar-refractivity contribution < 1.29 is 17.9 Å². The molecule has 0 bridgehead atoms. The van der Waals surface area contributed by atoms with Crippen LogP contribution in [0.2, 0.25) is 0 Å². The van der Waals surface area contributed by atoms with E-state index in [0.29, 0.717) is 5.75 Å². The summed E-state index contributed by atoms with van der Waals surface area (Å²) in [6, 6.07) is 0. The molecule has 1 aliphatic carbocycles. The zero-order valence-corrected chi connectivity index (χ0v) is 7.42. The van der Waals surface area contributed by atoms with Crippen LogP contribution in [-0.2, 0) is 4.74 Å². The lowest BCUT2D eigenvalue weighted by Gasteiger charge is -2.13. The highest BCUT2D eigenvalue weighted by molar-refractivity contribution is 7.80. The predicted molar refractivity (Wildman–Crippen MR) is 42.4 cm³/mol. The Bertz CT molecular complexity index is 153. The maximum absolute atomic E-state index is 11.6. The van der Waals surface area contributed by atoms with Gasteiger partial charge >= 0.3 is 6.18 Å². The molecule has 1 rings (SSSR count). The first-order valence-corrected chi connectivity index (χ1v) is 4.36. The van der Waals surface area contributed by atoms with Gasteiger partial charge in [0.05, 0.1) is 6.61 Å². The number of thiol groups is 1. The summed E-state index contributed by atoms with van der Waals surface area (Å²) in [6.45, 7) is -0.946. The summed E-state index contributed by atoms with van der Waals surface area (Å²) in [5, 5.41) is 0. The summed E-state index contributed by atoms with van der Waals surface area (Å²) < 4.78 is 39.4. The van der Waals surface area contributed by atoms with Gasteiger partial charge < -0.3 is 4.74 Å². The van der Waals surface area contributed by atoms with E-state index in [1.807, 2.05) is 0 Å². The SMILES string of the molecule is FC(F)(F)COCC1(CS)CC1. The van der Waals surface area contributed by atoms with Crippen LogP contribution in [0.15, 0.2) is 0 Å². The van der Waals surface area contributed by atoms with Gasteiger partial charge in [0.25, 0.3) is 0 Å². The van der Waals surface area contributed by atoms with E-state index < -0.39 is 12.8 Å². The Morgan fingerprint density at radius 1 is 1.33 bits per heavy atom. The van der Waals surface area contributed by atoms with Crippen LogP contribution in [0.3, 0.4) is 0 Å². The fourth-order valence-corrected chi connectivity index (χ4v) is 1.32. The highest BCUT2D eigenvalue weighted by Gasteiger charge is 2.42. The lowest BCUT2D eigenvalue weighted by molar-refractivity contribution is -0.176. The van der Waals surface area contributed by atoms with Gasteiger partial charge in [-0.3, -0.25) is 0 Å². The van der Waals surface area contributed by atoms with E-state index in [1.165, 1.54) is 0 Å². The molecule has 1 nitrogen and oxygen atoms in total. The van der Waals surface area contributed by atoms with Gasteiger partial charge in [-0.05, 0) is 18.6 Å². The van der Waals surface area contributed by atoms with Gasteiger partial charge in [-0.15, -0.1) is 0 Å². The summed E-state index contributed by atoms with van der Waals surface area (Å²) in [6.07, 6.45) is -2.32. The van der Waals surface area contributed by atoms with Crippen molar-refractivity contribution in [3.05, 3.63) is 0 Å². The average molecular weight is 200 g/mol. The van der Waals surface area contributed by atoms with Crippen LogP contribution in [-0.4, -0.2) is 25.1 Å². The molecule has 0 amide bonds. The zero-order chi connectivity index (χ0) is 9.24. The molecule has 0 aromatic rings. The molecular formula is C7H11F3OS. The first-order chi connectivity index (χ1) is 5.47. The molecule has 0 unspecified atom stereocenters. The van der Waals surface area contributed by atoms with E-state index in [0.717, 1.165) is 12.8 Å². The Kier molecular flexibility index (Phi) is 2.93.